The molecule has 0 aliphatic heterocycles. The molecule has 0 radical (unpaired) electrons. The van der Waals surface area contributed by atoms with E-state index in [-0.39, 0.29) is 16.4 Å². The number of rotatable bonds is 4. The van der Waals surface area contributed by atoms with E-state index < -0.39 is 17.0 Å². The molecule has 0 amide bonds. The molecular formula is C15H14ClN3O4. The van der Waals surface area contributed by atoms with Crippen molar-refractivity contribution < 1.29 is 14.5 Å². The summed E-state index contributed by atoms with van der Waals surface area (Å²) in [6, 6.07) is 4.67. The molecule has 0 saturated carbocycles. The van der Waals surface area contributed by atoms with Gasteiger partial charge < -0.3 is 4.74 Å². The van der Waals surface area contributed by atoms with Crippen LogP contribution in [0.1, 0.15) is 40.5 Å². The van der Waals surface area contributed by atoms with Crippen molar-refractivity contribution in [3.8, 4) is 0 Å². The van der Waals surface area contributed by atoms with Gasteiger partial charge >= 0.3 is 5.97 Å². The second-order valence-electron chi connectivity index (χ2n) is 4.96. The molecule has 0 aliphatic carbocycles. The van der Waals surface area contributed by atoms with Crippen LogP contribution in [-0.4, -0.2) is 20.9 Å². The van der Waals surface area contributed by atoms with E-state index in [0.717, 1.165) is 0 Å². The highest BCUT2D eigenvalue weighted by molar-refractivity contribution is 6.33. The first-order valence-corrected chi connectivity index (χ1v) is 7.12. The van der Waals surface area contributed by atoms with E-state index in [1.807, 2.05) is 0 Å². The lowest BCUT2D eigenvalue weighted by Crippen LogP contribution is -2.13. The number of hydrogen-bond acceptors (Lipinski definition) is 6. The minimum atomic E-state index is -0.712. The number of ether oxygens (including phenoxy) is 1. The topological polar surface area (TPSA) is 95.2 Å². The van der Waals surface area contributed by atoms with Crippen LogP contribution in [0.25, 0.3) is 0 Å². The van der Waals surface area contributed by atoms with Crippen molar-refractivity contribution >= 4 is 23.3 Å². The summed E-state index contributed by atoms with van der Waals surface area (Å²) in [5, 5.41) is 11.1. The van der Waals surface area contributed by atoms with Crippen molar-refractivity contribution in [3.63, 3.8) is 0 Å². The smallest absolute Gasteiger partial charge is 0.359 e. The quantitative estimate of drug-likeness (QED) is 0.481. The van der Waals surface area contributed by atoms with Crippen LogP contribution in [0.5, 0.6) is 0 Å². The highest BCUT2D eigenvalue weighted by atomic mass is 35.5. The number of hydrogen-bond donors (Lipinski definition) is 0. The Kier molecular flexibility index (Phi) is 4.90. The van der Waals surface area contributed by atoms with E-state index in [9.17, 15) is 14.9 Å². The molecule has 0 aliphatic rings. The first-order valence-electron chi connectivity index (χ1n) is 6.74. The molecule has 0 bridgehead atoms. The molecule has 0 saturated heterocycles. The van der Waals surface area contributed by atoms with Gasteiger partial charge in [0, 0.05) is 11.6 Å². The summed E-state index contributed by atoms with van der Waals surface area (Å²) in [6.07, 6.45) is 0.634. The Hall–Kier alpha value is -2.54. The van der Waals surface area contributed by atoms with Crippen LogP contribution < -0.4 is 0 Å². The van der Waals surface area contributed by atoms with Gasteiger partial charge in [-0.15, -0.1) is 0 Å². The van der Waals surface area contributed by atoms with Crippen LogP contribution in [-0.2, 0) is 4.74 Å². The second kappa shape index (κ2) is 6.70. The van der Waals surface area contributed by atoms with Crippen molar-refractivity contribution in [3.05, 3.63) is 62.2 Å². The van der Waals surface area contributed by atoms with Crippen LogP contribution in [0, 0.1) is 24.0 Å². The predicted octanol–water partition coefficient (Wildman–Crippen LogP) is 3.57. The third-order valence-electron chi connectivity index (χ3n) is 3.24. The normalized spacial score (nSPS) is 11.8. The van der Waals surface area contributed by atoms with Gasteiger partial charge in [-0.3, -0.25) is 10.1 Å². The minimum absolute atomic E-state index is 0.0266. The molecule has 7 nitrogen and oxygen atoms in total. The molecule has 0 fully saturated rings. The Balaban J connectivity index is 2.23. The zero-order valence-corrected chi connectivity index (χ0v) is 13.5. The zero-order valence-electron chi connectivity index (χ0n) is 12.7. The standard InChI is InChI=1S/C15H14ClN3O4/c1-8-4-5-11(6-13(8)19(21)22)9(2)23-15(20)14-12(16)7-17-10(3)18-14/h4-7,9H,1-3H3/t9-/m1/s1. The Bertz CT molecular complexity index is 779. The lowest BCUT2D eigenvalue weighted by molar-refractivity contribution is -0.385. The fourth-order valence-electron chi connectivity index (χ4n) is 1.96. The average Bonchev–Trinajstić information content (AvgIpc) is 2.49. The lowest BCUT2D eigenvalue weighted by atomic mass is 10.1. The van der Waals surface area contributed by atoms with Gasteiger partial charge in [-0.2, -0.15) is 0 Å². The number of nitrogens with zero attached hydrogens (tertiary/aromatic N) is 3. The maximum Gasteiger partial charge on any atom is 0.359 e. The summed E-state index contributed by atoms with van der Waals surface area (Å²) < 4.78 is 5.30. The van der Waals surface area contributed by atoms with Crippen molar-refractivity contribution in [2.24, 2.45) is 0 Å². The fourth-order valence-corrected chi connectivity index (χ4v) is 2.13. The summed E-state index contributed by atoms with van der Waals surface area (Å²) in [7, 11) is 0. The number of nitro groups is 1. The van der Waals surface area contributed by atoms with Gasteiger partial charge in [-0.05, 0) is 26.3 Å². The van der Waals surface area contributed by atoms with Gasteiger partial charge in [0.15, 0.2) is 5.69 Å². The van der Waals surface area contributed by atoms with E-state index in [0.29, 0.717) is 17.0 Å². The van der Waals surface area contributed by atoms with E-state index in [2.05, 4.69) is 9.97 Å². The number of halogens is 1. The van der Waals surface area contributed by atoms with Crippen LogP contribution in [0.4, 0.5) is 5.69 Å². The maximum absolute atomic E-state index is 12.2. The van der Waals surface area contributed by atoms with E-state index in [1.165, 1.54) is 12.3 Å². The first kappa shape index (κ1) is 16.8. The summed E-state index contributed by atoms with van der Waals surface area (Å²) in [4.78, 5) is 30.5. The lowest BCUT2D eigenvalue weighted by Gasteiger charge is -2.14. The fraction of sp³-hybridized carbons (Fsp3) is 0.267. The van der Waals surface area contributed by atoms with E-state index >= 15 is 0 Å². The summed E-state index contributed by atoms with van der Waals surface area (Å²) >= 11 is 5.89. The van der Waals surface area contributed by atoms with Gasteiger partial charge in [-0.1, -0.05) is 23.7 Å². The Morgan fingerprint density at radius 3 is 2.74 bits per heavy atom. The molecule has 0 unspecified atom stereocenters. The van der Waals surface area contributed by atoms with Crippen LogP contribution in [0.2, 0.25) is 5.02 Å². The number of carbonyl (C=O) groups is 1. The van der Waals surface area contributed by atoms with Crippen molar-refractivity contribution in [1.82, 2.24) is 9.97 Å². The number of carbonyl (C=O) groups excluding carboxylic acids is 1. The van der Waals surface area contributed by atoms with Gasteiger partial charge in [0.25, 0.3) is 5.69 Å². The molecule has 1 aromatic heterocycles. The highest BCUT2D eigenvalue weighted by Gasteiger charge is 2.20. The third-order valence-corrected chi connectivity index (χ3v) is 3.52. The second-order valence-corrected chi connectivity index (χ2v) is 5.37. The number of aromatic nitrogens is 2. The Morgan fingerprint density at radius 1 is 1.39 bits per heavy atom. The number of aryl methyl sites for hydroxylation is 2. The number of esters is 1. The molecule has 120 valence electrons. The van der Waals surface area contributed by atoms with Gasteiger partial charge in [0.2, 0.25) is 0 Å². The van der Waals surface area contributed by atoms with Crippen LogP contribution in [0.3, 0.4) is 0 Å². The maximum atomic E-state index is 12.2. The van der Waals surface area contributed by atoms with Gasteiger partial charge in [0.1, 0.15) is 11.9 Å². The highest BCUT2D eigenvalue weighted by Crippen LogP contribution is 2.26. The van der Waals surface area contributed by atoms with Crippen molar-refractivity contribution in [2.45, 2.75) is 26.9 Å². The van der Waals surface area contributed by atoms with Crippen LogP contribution >= 0.6 is 11.6 Å². The Morgan fingerprint density at radius 2 is 2.09 bits per heavy atom. The molecule has 2 aromatic rings. The zero-order chi connectivity index (χ0) is 17.1. The molecular weight excluding hydrogens is 322 g/mol. The number of nitro benzene ring substituents is 1. The molecule has 8 heteroatoms. The average molecular weight is 336 g/mol. The van der Waals surface area contributed by atoms with Crippen LogP contribution in [0.15, 0.2) is 24.4 Å². The van der Waals surface area contributed by atoms with Crippen molar-refractivity contribution in [1.29, 1.82) is 0 Å². The molecule has 1 heterocycles. The largest absolute Gasteiger partial charge is 0.453 e. The van der Waals surface area contributed by atoms with E-state index in [4.69, 9.17) is 16.3 Å². The molecule has 0 spiro atoms. The summed E-state index contributed by atoms with van der Waals surface area (Å²) in [5.74, 6) is -0.323. The predicted molar refractivity (Wildman–Crippen MR) is 83.4 cm³/mol. The number of benzene rings is 1. The SMILES string of the molecule is Cc1ncc(Cl)c(C(=O)O[C@H](C)c2ccc(C)c([N+](=O)[O-])c2)n1. The molecule has 23 heavy (non-hydrogen) atoms. The summed E-state index contributed by atoms with van der Waals surface area (Å²) in [5.41, 5.74) is 0.984. The molecule has 0 N–H and O–H groups in total. The third kappa shape index (κ3) is 3.81. The molecule has 1 aromatic carbocycles. The first-order chi connectivity index (χ1) is 10.8. The van der Waals surface area contributed by atoms with Crippen molar-refractivity contribution in [2.75, 3.05) is 0 Å². The molecule has 1 atom stereocenters. The van der Waals surface area contributed by atoms with E-state index in [1.54, 1.807) is 32.9 Å². The monoisotopic (exact) mass is 335 g/mol. The van der Waals surface area contributed by atoms with Gasteiger partial charge in [0.05, 0.1) is 16.1 Å². The minimum Gasteiger partial charge on any atom is -0.453 e. The van der Waals surface area contributed by atoms with Gasteiger partial charge in [-0.25, -0.2) is 14.8 Å². The molecule has 2 rings (SSSR count). The Labute approximate surface area is 137 Å². The summed E-state index contributed by atoms with van der Waals surface area (Å²) in [6.45, 7) is 4.89.